The minimum Gasteiger partial charge on any atom is -0.394 e. The van der Waals surface area contributed by atoms with Crippen LogP contribution in [0.5, 0.6) is 0 Å². The number of nitrogens with two attached hydrogens (primary N) is 2. The van der Waals surface area contributed by atoms with Gasteiger partial charge in [-0.2, -0.15) is 0 Å². The highest BCUT2D eigenvalue weighted by molar-refractivity contribution is 5.76. The molecular weight excluding hydrogens is 578 g/mol. The van der Waals surface area contributed by atoms with Crippen LogP contribution in [0.1, 0.15) is 45.4 Å². The van der Waals surface area contributed by atoms with Gasteiger partial charge in [0, 0.05) is 6.42 Å². The minimum absolute atomic E-state index is 0.110. The van der Waals surface area contributed by atoms with Gasteiger partial charge in [0.1, 0.15) is 61.0 Å². The molecule has 3 fully saturated rings. The summed E-state index contributed by atoms with van der Waals surface area (Å²) in [6.45, 7) is -0.0559. The van der Waals surface area contributed by atoms with Gasteiger partial charge in [-0.25, -0.2) is 0 Å². The van der Waals surface area contributed by atoms with Gasteiger partial charge in [0.15, 0.2) is 18.9 Å². The van der Waals surface area contributed by atoms with Crippen LogP contribution in [0.25, 0.3) is 0 Å². The number of amides is 1. The Labute approximate surface area is 249 Å². The normalized spacial score (nSPS) is 43.8. The van der Waals surface area contributed by atoms with Gasteiger partial charge in [-0.1, -0.05) is 32.6 Å². The Morgan fingerprint density at radius 2 is 1.26 bits per heavy atom. The van der Waals surface area contributed by atoms with E-state index in [9.17, 15) is 45.6 Å². The van der Waals surface area contributed by atoms with E-state index in [0.29, 0.717) is 6.42 Å². The summed E-state index contributed by atoms with van der Waals surface area (Å²) in [5.74, 6) is -0.463. The van der Waals surface area contributed by atoms with E-state index in [1.54, 1.807) is 0 Å². The SMILES string of the molecule is CCCCCCCC(=O)N[C@H]1[C@H](OC2[C@@H](CO)O[C@@H](O)[C@H](N)[C@H]2O)O[C@H](CO)C(O[C@@H]2O[C@H](CO)[C@@H](O)[C@H](O)[C@H]2N)[C@@H]1O. The van der Waals surface area contributed by atoms with Gasteiger partial charge in [-0.3, -0.25) is 4.79 Å². The molecule has 3 rings (SSSR count). The summed E-state index contributed by atoms with van der Waals surface area (Å²) in [5.41, 5.74) is 11.8. The van der Waals surface area contributed by atoms with E-state index < -0.39 is 118 Å². The topological polar surface area (TPSA) is 289 Å². The first kappa shape index (κ1) is 36.3. The predicted octanol–water partition coefficient (Wildman–Crippen LogP) is -5.16. The van der Waals surface area contributed by atoms with Crippen molar-refractivity contribution < 1.29 is 69.3 Å². The van der Waals surface area contributed by atoms with Crippen LogP contribution in [-0.2, 0) is 28.5 Å². The van der Waals surface area contributed by atoms with Crippen molar-refractivity contribution in [1.82, 2.24) is 5.32 Å². The molecule has 0 spiro atoms. The standard InChI is InChI=1S/C26H49N3O14/c1-2-3-4-5-6-7-14(33)29-17-21(37)23(42-25-16(28)19(35)18(34)11(8-30)40-25)13(10-32)41-26(17)43-22-12(9-31)39-24(38)15(27)20(22)36/h11-13,15-26,30-32,34-38H,2-10,27-28H2,1H3,(H,29,33)/t11-,12-,13-,15-,16-,17-,18-,19-,20-,21-,22?,23?,24-,25+,26+/m1/s1. The number of carbonyl (C=O) groups is 1. The third kappa shape index (κ3) is 8.78. The van der Waals surface area contributed by atoms with E-state index in [0.717, 1.165) is 25.7 Å². The molecule has 3 aliphatic heterocycles. The van der Waals surface area contributed by atoms with Gasteiger partial charge in [0.2, 0.25) is 5.91 Å². The second-order valence-electron chi connectivity index (χ2n) is 11.3. The van der Waals surface area contributed by atoms with Gasteiger partial charge < -0.3 is 81.3 Å². The Morgan fingerprint density at radius 1 is 0.698 bits per heavy atom. The highest BCUT2D eigenvalue weighted by atomic mass is 16.7. The second-order valence-corrected chi connectivity index (χ2v) is 11.3. The summed E-state index contributed by atoms with van der Waals surface area (Å²) >= 11 is 0. The molecule has 252 valence electrons. The molecule has 0 bridgehead atoms. The molecule has 15 atom stereocenters. The van der Waals surface area contributed by atoms with Gasteiger partial charge in [0.25, 0.3) is 0 Å². The molecule has 13 N–H and O–H groups in total. The molecule has 3 heterocycles. The summed E-state index contributed by atoms with van der Waals surface area (Å²) in [4.78, 5) is 12.9. The van der Waals surface area contributed by atoms with E-state index in [1.165, 1.54) is 0 Å². The molecule has 17 nitrogen and oxygen atoms in total. The zero-order valence-electron chi connectivity index (χ0n) is 24.2. The van der Waals surface area contributed by atoms with Crippen LogP contribution in [0.4, 0.5) is 0 Å². The van der Waals surface area contributed by atoms with Gasteiger partial charge in [-0.05, 0) is 6.42 Å². The Balaban J connectivity index is 1.83. The average Bonchev–Trinajstić information content (AvgIpc) is 2.99. The number of rotatable bonds is 14. The van der Waals surface area contributed by atoms with E-state index in [2.05, 4.69) is 12.2 Å². The van der Waals surface area contributed by atoms with Crippen molar-refractivity contribution in [2.45, 2.75) is 137 Å². The first-order valence-electron chi connectivity index (χ1n) is 14.8. The summed E-state index contributed by atoms with van der Waals surface area (Å²) < 4.78 is 28.4. The average molecular weight is 628 g/mol. The first-order valence-corrected chi connectivity index (χ1v) is 14.8. The van der Waals surface area contributed by atoms with Crippen LogP contribution in [0.2, 0.25) is 0 Å². The quantitative estimate of drug-likeness (QED) is 0.0803. The molecule has 43 heavy (non-hydrogen) atoms. The van der Waals surface area contributed by atoms with Crippen molar-refractivity contribution in [2.24, 2.45) is 11.5 Å². The molecule has 17 heteroatoms. The van der Waals surface area contributed by atoms with Crippen molar-refractivity contribution in [3.63, 3.8) is 0 Å². The maximum atomic E-state index is 12.9. The number of ether oxygens (including phenoxy) is 5. The van der Waals surface area contributed by atoms with E-state index in [1.807, 2.05) is 0 Å². The monoisotopic (exact) mass is 627 g/mol. The largest absolute Gasteiger partial charge is 0.394 e. The molecule has 3 saturated heterocycles. The molecule has 3 aliphatic rings. The maximum Gasteiger partial charge on any atom is 0.220 e. The molecular formula is C26H49N3O14. The van der Waals surface area contributed by atoms with Crippen LogP contribution >= 0.6 is 0 Å². The second kappa shape index (κ2) is 17.0. The molecule has 0 aromatic carbocycles. The Hall–Kier alpha value is -1.13. The van der Waals surface area contributed by atoms with E-state index in [4.69, 9.17) is 35.2 Å². The zero-order valence-corrected chi connectivity index (χ0v) is 24.2. The van der Waals surface area contributed by atoms with Gasteiger partial charge in [-0.15, -0.1) is 0 Å². The highest BCUT2D eigenvalue weighted by Gasteiger charge is 2.53. The number of carbonyl (C=O) groups excluding carboxylic acids is 1. The fraction of sp³-hybridized carbons (Fsp3) is 0.962. The Kier molecular flexibility index (Phi) is 14.3. The molecule has 0 saturated carbocycles. The fourth-order valence-electron chi connectivity index (χ4n) is 5.46. The van der Waals surface area contributed by atoms with Crippen molar-refractivity contribution in [1.29, 1.82) is 0 Å². The minimum atomic E-state index is -1.67. The van der Waals surface area contributed by atoms with E-state index >= 15 is 0 Å². The molecule has 1 amide bonds. The van der Waals surface area contributed by atoms with Crippen LogP contribution in [-0.4, -0.2) is 159 Å². The Morgan fingerprint density at radius 3 is 1.88 bits per heavy atom. The lowest BCUT2D eigenvalue weighted by Gasteiger charge is -2.49. The lowest BCUT2D eigenvalue weighted by molar-refractivity contribution is -0.350. The van der Waals surface area contributed by atoms with Gasteiger partial charge >= 0.3 is 0 Å². The fourth-order valence-corrected chi connectivity index (χ4v) is 5.46. The number of aliphatic hydroxyl groups excluding tert-OH is 8. The summed E-state index contributed by atoms with van der Waals surface area (Å²) in [5, 5.41) is 84.7. The van der Waals surface area contributed by atoms with Crippen LogP contribution in [0, 0.1) is 0 Å². The number of hydrogen-bond donors (Lipinski definition) is 11. The first-order chi connectivity index (χ1) is 20.5. The summed E-state index contributed by atoms with van der Waals surface area (Å²) in [6.07, 6.45) is -13.1. The zero-order chi connectivity index (χ0) is 31.8. The van der Waals surface area contributed by atoms with Gasteiger partial charge in [0.05, 0.1) is 31.9 Å². The summed E-state index contributed by atoms with van der Waals surface area (Å²) in [7, 11) is 0. The third-order valence-corrected chi connectivity index (χ3v) is 8.12. The van der Waals surface area contributed by atoms with E-state index in [-0.39, 0.29) is 6.42 Å². The molecule has 0 aromatic rings. The predicted molar refractivity (Wildman–Crippen MR) is 144 cm³/mol. The van der Waals surface area contributed by atoms with Crippen molar-refractivity contribution >= 4 is 5.91 Å². The van der Waals surface area contributed by atoms with Crippen molar-refractivity contribution in [3.8, 4) is 0 Å². The molecule has 0 radical (unpaired) electrons. The lowest BCUT2D eigenvalue weighted by Crippen LogP contribution is -2.70. The third-order valence-electron chi connectivity index (χ3n) is 8.12. The molecule has 0 aliphatic carbocycles. The molecule has 0 aromatic heterocycles. The van der Waals surface area contributed by atoms with Crippen molar-refractivity contribution in [3.05, 3.63) is 0 Å². The molecule has 2 unspecified atom stereocenters. The van der Waals surface area contributed by atoms with Crippen LogP contribution in [0.15, 0.2) is 0 Å². The van der Waals surface area contributed by atoms with Crippen LogP contribution < -0.4 is 16.8 Å². The summed E-state index contributed by atoms with van der Waals surface area (Å²) in [6, 6.07) is -4.04. The number of unbranched alkanes of at least 4 members (excludes halogenated alkanes) is 4. The number of hydrogen-bond acceptors (Lipinski definition) is 16. The smallest absolute Gasteiger partial charge is 0.220 e. The lowest BCUT2D eigenvalue weighted by atomic mass is 9.94. The number of aliphatic hydroxyl groups is 8. The van der Waals surface area contributed by atoms with Crippen LogP contribution in [0.3, 0.4) is 0 Å². The maximum absolute atomic E-state index is 12.9. The Bertz CT molecular complexity index is 843. The highest BCUT2D eigenvalue weighted by Crippen LogP contribution is 2.32. The number of nitrogens with one attached hydrogen (secondary N) is 1. The van der Waals surface area contributed by atoms with Crippen molar-refractivity contribution in [2.75, 3.05) is 19.8 Å².